The third-order valence-electron chi connectivity index (χ3n) is 5.46. The first-order valence-corrected chi connectivity index (χ1v) is 12.3. The van der Waals surface area contributed by atoms with Crippen molar-refractivity contribution >= 4 is 39.1 Å². The summed E-state index contributed by atoms with van der Waals surface area (Å²) in [6.07, 6.45) is 2.72. The van der Waals surface area contributed by atoms with E-state index in [1.54, 1.807) is 12.1 Å². The number of amides is 1. The molecule has 1 aliphatic rings. The summed E-state index contributed by atoms with van der Waals surface area (Å²) in [5.74, 6) is -0.196. The lowest BCUT2D eigenvalue weighted by Crippen LogP contribution is -2.44. The molecule has 162 valence electrons. The van der Waals surface area contributed by atoms with Gasteiger partial charge in [-0.05, 0) is 50.3 Å². The second-order valence-corrected chi connectivity index (χ2v) is 10.4. The molecule has 1 heterocycles. The molecule has 5 nitrogen and oxygen atoms in total. The molecule has 2 aromatic carbocycles. The molecule has 1 aliphatic heterocycles. The summed E-state index contributed by atoms with van der Waals surface area (Å²) in [4.78, 5) is 12.6. The van der Waals surface area contributed by atoms with Gasteiger partial charge in [0.1, 0.15) is 4.90 Å². The minimum absolute atomic E-state index is 0.00611. The molecule has 1 N–H and O–H groups in total. The van der Waals surface area contributed by atoms with E-state index in [2.05, 4.69) is 17.4 Å². The van der Waals surface area contributed by atoms with Crippen LogP contribution in [0.5, 0.6) is 0 Å². The van der Waals surface area contributed by atoms with Crippen molar-refractivity contribution in [2.24, 2.45) is 5.92 Å². The van der Waals surface area contributed by atoms with Crippen LogP contribution in [0, 0.1) is 5.92 Å². The Morgan fingerprint density at radius 1 is 1.10 bits per heavy atom. The Balaban J connectivity index is 1.52. The fourth-order valence-corrected chi connectivity index (χ4v) is 5.85. The highest BCUT2D eigenvalue weighted by molar-refractivity contribution is 7.89. The molecule has 1 fully saturated rings. The minimum Gasteiger partial charge on any atom is -0.353 e. The van der Waals surface area contributed by atoms with Crippen molar-refractivity contribution < 1.29 is 13.2 Å². The van der Waals surface area contributed by atoms with Gasteiger partial charge in [0.15, 0.2) is 0 Å². The first-order chi connectivity index (χ1) is 14.3. The lowest BCUT2D eigenvalue weighted by molar-refractivity contribution is -0.126. The second kappa shape index (κ2) is 10.1. The summed E-state index contributed by atoms with van der Waals surface area (Å²) in [5, 5.41) is 3.31. The Hall–Kier alpha value is -1.60. The number of piperidine rings is 1. The van der Waals surface area contributed by atoms with Crippen molar-refractivity contribution in [1.82, 2.24) is 9.62 Å². The molecule has 2 aromatic rings. The SMILES string of the molecule is C[C@H](CCc1ccccc1)NC(=O)C1CCN(S(=O)(=O)c2cccc(Cl)c2Cl)CC1. The Morgan fingerprint density at radius 2 is 1.77 bits per heavy atom. The summed E-state index contributed by atoms with van der Waals surface area (Å²) >= 11 is 12.1. The van der Waals surface area contributed by atoms with Gasteiger partial charge in [0, 0.05) is 25.0 Å². The molecule has 0 radical (unpaired) electrons. The number of benzene rings is 2. The maximum atomic E-state index is 12.9. The number of halogens is 2. The average molecular weight is 469 g/mol. The molecule has 1 saturated heterocycles. The number of hydrogen-bond donors (Lipinski definition) is 1. The van der Waals surface area contributed by atoms with E-state index in [1.807, 2.05) is 25.1 Å². The summed E-state index contributed by atoms with van der Waals surface area (Å²) in [7, 11) is -3.74. The fraction of sp³-hybridized carbons (Fsp3) is 0.409. The largest absolute Gasteiger partial charge is 0.353 e. The van der Waals surface area contributed by atoms with Crippen molar-refractivity contribution in [3.8, 4) is 0 Å². The molecule has 30 heavy (non-hydrogen) atoms. The molecule has 3 rings (SSSR count). The van der Waals surface area contributed by atoms with Crippen LogP contribution in [0.3, 0.4) is 0 Å². The standard InChI is InChI=1S/C22H26Cl2N2O3S/c1-16(10-11-17-6-3-2-4-7-17)25-22(27)18-12-14-26(15-13-18)30(28,29)20-9-5-8-19(23)21(20)24/h2-9,16,18H,10-15H2,1H3,(H,25,27)/t16-/m1/s1. The van der Waals surface area contributed by atoms with Gasteiger partial charge in [-0.3, -0.25) is 4.79 Å². The third kappa shape index (κ3) is 5.55. The van der Waals surface area contributed by atoms with Gasteiger partial charge in [-0.1, -0.05) is 59.6 Å². The van der Waals surface area contributed by atoms with E-state index in [4.69, 9.17) is 23.2 Å². The van der Waals surface area contributed by atoms with Crippen molar-refractivity contribution in [3.05, 3.63) is 64.1 Å². The highest BCUT2D eigenvalue weighted by Gasteiger charge is 2.33. The van der Waals surface area contributed by atoms with Crippen LogP contribution in [0.2, 0.25) is 10.0 Å². The summed E-state index contributed by atoms with van der Waals surface area (Å²) < 4.78 is 27.2. The number of carbonyl (C=O) groups excluding carboxylic acids is 1. The van der Waals surface area contributed by atoms with Crippen LogP contribution >= 0.6 is 23.2 Å². The van der Waals surface area contributed by atoms with Gasteiger partial charge in [-0.15, -0.1) is 0 Å². The van der Waals surface area contributed by atoms with E-state index in [0.29, 0.717) is 12.8 Å². The van der Waals surface area contributed by atoms with E-state index in [1.165, 1.54) is 15.9 Å². The van der Waals surface area contributed by atoms with Crippen LogP contribution in [-0.4, -0.2) is 37.8 Å². The Bertz CT molecular complexity index is 975. The highest BCUT2D eigenvalue weighted by Crippen LogP contribution is 2.32. The number of carbonyl (C=O) groups is 1. The molecule has 1 amide bonds. The van der Waals surface area contributed by atoms with Crippen LogP contribution in [0.1, 0.15) is 31.7 Å². The molecule has 0 spiro atoms. The second-order valence-electron chi connectivity index (χ2n) is 7.66. The topological polar surface area (TPSA) is 66.5 Å². The van der Waals surface area contributed by atoms with Crippen LogP contribution in [0.15, 0.2) is 53.4 Å². The zero-order valence-corrected chi connectivity index (χ0v) is 19.2. The van der Waals surface area contributed by atoms with E-state index < -0.39 is 10.0 Å². The number of hydrogen-bond acceptors (Lipinski definition) is 3. The average Bonchev–Trinajstić information content (AvgIpc) is 2.75. The van der Waals surface area contributed by atoms with E-state index >= 15 is 0 Å². The van der Waals surface area contributed by atoms with E-state index in [-0.39, 0.29) is 45.9 Å². The first kappa shape index (κ1) is 23.1. The third-order valence-corrected chi connectivity index (χ3v) is 8.33. The molecule has 1 atom stereocenters. The van der Waals surface area contributed by atoms with Crippen molar-refractivity contribution in [2.75, 3.05) is 13.1 Å². The first-order valence-electron chi connectivity index (χ1n) is 10.1. The van der Waals surface area contributed by atoms with E-state index in [0.717, 1.165) is 12.8 Å². The van der Waals surface area contributed by atoms with Crippen molar-refractivity contribution in [1.29, 1.82) is 0 Å². The molecule has 0 unspecified atom stereocenters. The minimum atomic E-state index is -3.74. The lowest BCUT2D eigenvalue weighted by Gasteiger charge is -2.31. The summed E-state index contributed by atoms with van der Waals surface area (Å²) in [5.41, 5.74) is 1.25. The van der Waals surface area contributed by atoms with Gasteiger partial charge in [0.2, 0.25) is 15.9 Å². The molecular weight excluding hydrogens is 443 g/mol. The Morgan fingerprint density at radius 3 is 2.43 bits per heavy atom. The predicted molar refractivity (Wildman–Crippen MR) is 120 cm³/mol. The zero-order chi connectivity index (χ0) is 21.7. The zero-order valence-electron chi connectivity index (χ0n) is 16.9. The fourth-order valence-electron chi connectivity index (χ4n) is 3.64. The normalized spacial score (nSPS) is 16.9. The molecular formula is C22H26Cl2N2O3S. The van der Waals surface area contributed by atoms with Crippen LogP contribution < -0.4 is 5.32 Å². The van der Waals surface area contributed by atoms with Crippen molar-refractivity contribution in [3.63, 3.8) is 0 Å². The van der Waals surface area contributed by atoms with Crippen LogP contribution in [0.25, 0.3) is 0 Å². The smallest absolute Gasteiger partial charge is 0.244 e. The number of sulfonamides is 1. The molecule has 0 aromatic heterocycles. The van der Waals surface area contributed by atoms with Gasteiger partial charge in [0.25, 0.3) is 0 Å². The van der Waals surface area contributed by atoms with Crippen molar-refractivity contribution in [2.45, 2.75) is 43.5 Å². The number of nitrogens with zero attached hydrogens (tertiary/aromatic N) is 1. The maximum Gasteiger partial charge on any atom is 0.244 e. The summed E-state index contributed by atoms with van der Waals surface area (Å²) in [6, 6.07) is 14.8. The maximum absolute atomic E-state index is 12.9. The Labute approximate surface area is 188 Å². The number of nitrogens with one attached hydrogen (secondary N) is 1. The Kier molecular flexibility index (Phi) is 7.80. The van der Waals surface area contributed by atoms with Crippen LogP contribution in [0.4, 0.5) is 0 Å². The van der Waals surface area contributed by atoms with Gasteiger partial charge in [-0.2, -0.15) is 4.31 Å². The lowest BCUT2D eigenvalue weighted by atomic mass is 9.96. The van der Waals surface area contributed by atoms with Gasteiger partial charge in [-0.25, -0.2) is 8.42 Å². The molecule has 0 saturated carbocycles. The monoisotopic (exact) mass is 468 g/mol. The van der Waals surface area contributed by atoms with Gasteiger partial charge < -0.3 is 5.32 Å². The van der Waals surface area contributed by atoms with Gasteiger partial charge >= 0.3 is 0 Å². The number of rotatable bonds is 7. The predicted octanol–water partition coefficient (Wildman–Crippen LogP) is 4.53. The molecule has 0 aliphatic carbocycles. The molecule has 8 heteroatoms. The van der Waals surface area contributed by atoms with E-state index in [9.17, 15) is 13.2 Å². The molecule has 0 bridgehead atoms. The summed E-state index contributed by atoms with van der Waals surface area (Å²) in [6.45, 7) is 2.56. The quantitative estimate of drug-likeness (QED) is 0.648. The number of aryl methyl sites for hydroxylation is 1. The van der Waals surface area contributed by atoms with Gasteiger partial charge in [0.05, 0.1) is 10.0 Å². The van der Waals surface area contributed by atoms with Crippen LogP contribution in [-0.2, 0) is 21.2 Å². The highest BCUT2D eigenvalue weighted by atomic mass is 35.5.